The summed E-state index contributed by atoms with van der Waals surface area (Å²) < 4.78 is 11.7. The van der Waals surface area contributed by atoms with Gasteiger partial charge < -0.3 is 14.6 Å². The van der Waals surface area contributed by atoms with E-state index in [0.29, 0.717) is 6.61 Å². The zero-order chi connectivity index (χ0) is 14.4. The van der Waals surface area contributed by atoms with Crippen LogP contribution in [-0.2, 0) is 16.1 Å². The molecular weight excluding hydrogens is 252 g/mol. The van der Waals surface area contributed by atoms with Crippen LogP contribution in [0.2, 0.25) is 0 Å². The quantitative estimate of drug-likeness (QED) is 0.861. The molecule has 2 atom stereocenters. The zero-order valence-corrected chi connectivity index (χ0v) is 12.1. The maximum Gasteiger partial charge on any atom is 0.104 e. The Bertz CT molecular complexity index is 476. The molecule has 2 rings (SSSR count). The highest BCUT2D eigenvalue weighted by Crippen LogP contribution is 2.22. The Morgan fingerprint density at radius 3 is 2.75 bits per heavy atom. The minimum Gasteiger partial charge on any atom is -0.384 e. The third-order valence-corrected chi connectivity index (χ3v) is 3.38. The molecule has 0 saturated carbocycles. The van der Waals surface area contributed by atoms with Crippen molar-refractivity contribution in [2.75, 3.05) is 6.61 Å². The van der Waals surface area contributed by atoms with Gasteiger partial charge in [0.1, 0.15) is 6.61 Å². The Balaban J connectivity index is 1.90. The van der Waals surface area contributed by atoms with Gasteiger partial charge in [-0.15, -0.1) is 0 Å². The number of benzene rings is 1. The van der Waals surface area contributed by atoms with Crippen molar-refractivity contribution in [3.05, 3.63) is 35.4 Å². The van der Waals surface area contributed by atoms with Crippen molar-refractivity contribution >= 4 is 0 Å². The summed E-state index contributed by atoms with van der Waals surface area (Å²) in [7, 11) is 0. The molecule has 20 heavy (non-hydrogen) atoms. The molecule has 0 bridgehead atoms. The van der Waals surface area contributed by atoms with E-state index in [1.54, 1.807) is 0 Å². The molecule has 0 spiro atoms. The van der Waals surface area contributed by atoms with Crippen LogP contribution in [0.25, 0.3) is 0 Å². The van der Waals surface area contributed by atoms with Gasteiger partial charge in [0.25, 0.3) is 0 Å². The molecule has 1 N–H and O–H groups in total. The fraction of sp³-hybridized carbons (Fsp3) is 0.529. The molecule has 1 aromatic carbocycles. The number of aliphatic hydroxyl groups excluding tert-OH is 1. The summed E-state index contributed by atoms with van der Waals surface area (Å²) in [5.74, 6) is 5.57. The summed E-state index contributed by atoms with van der Waals surface area (Å²) in [6.45, 7) is 4.67. The highest BCUT2D eigenvalue weighted by molar-refractivity contribution is 5.36. The average Bonchev–Trinajstić information content (AvgIpc) is 2.42. The number of ether oxygens (including phenoxy) is 2. The molecule has 1 fully saturated rings. The second kappa shape index (κ2) is 7.44. The second-order valence-corrected chi connectivity index (χ2v) is 5.32. The van der Waals surface area contributed by atoms with E-state index < -0.39 is 0 Å². The number of hydrogen-bond acceptors (Lipinski definition) is 3. The molecule has 1 aliphatic heterocycles. The van der Waals surface area contributed by atoms with Gasteiger partial charge in [-0.1, -0.05) is 24.0 Å². The smallest absolute Gasteiger partial charge is 0.104 e. The Kier molecular flexibility index (Phi) is 5.60. The molecule has 108 valence electrons. The molecule has 0 aliphatic carbocycles. The topological polar surface area (TPSA) is 38.7 Å². The minimum atomic E-state index is -0.113. The first kappa shape index (κ1) is 15.1. The van der Waals surface area contributed by atoms with Crippen molar-refractivity contribution in [2.45, 2.75) is 51.6 Å². The molecule has 2 unspecified atom stereocenters. The number of aliphatic hydroxyl groups is 1. The molecular formula is C17H22O3. The first-order valence-corrected chi connectivity index (χ1v) is 7.13. The largest absolute Gasteiger partial charge is 0.384 e. The summed E-state index contributed by atoms with van der Waals surface area (Å²) in [5.41, 5.74) is 2.02. The Morgan fingerprint density at radius 2 is 2.05 bits per heavy atom. The number of hydrogen-bond donors (Lipinski definition) is 1. The van der Waals surface area contributed by atoms with Crippen LogP contribution in [0.3, 0.4) is 0 Å². The van der Waals surface area contributed by atoms with E-state index in [1.165, 1.54) is 0 Å². The molecule has 3 nitrogen and oxygen atoms in total. The first-order valence-electron chi connectivity index (χ1n) is 7.13. The van der Waals surface area contributed by atoms with Crippen molar-refractivity contribution < 1.29 is 14.6 Å². The SMILES string of the molecule is CC1CC(OCc2cccc(C#CCO)c2)CC(C)O1. The van der Waals surface area contributed by atoms with Crippen LogP contribution in [0.4, 0.5) is 0 Å². The van der Waals surface area contributed by atoms with Crippen molar-refractivity contribution in [3.63, 3.8) is 0 Å². The van der Waals surface area contributed by atoms with Crippen LogP contribution in [-0.4, -0.2) is 30.0 Å². The van der Waals surface area contributed by atoms with E-state index in [4.69, 9.17) is 14.6 Å². The van der Waals surface area contributed by atoms with E-state index in [0.717, 1.165) is 24.0 Å². The molecule has 1 saturated heterocycles. The van der Waals surface area contributed by atoms with Gasteiger partial charge in [-0.2, -0.15) is 0 Å². The van der Waals surface area contributed by atoms with Gasteiger partial charge in [0.15, 0.2) is 0 Å². The van der Waals surface area contributed by atoms with E-state index in [1.807, 2.05) is 24.3 Å². The Labute approximate surface area is 120 Å². The van der Waals surface area contributed by atoms with Crippen LogP contribution in [0.1, 0.15) is 37.8 Å². The highest BCUT2D eigenvalue weighted by Gasteiger charge is 2.24. The lowest BCUT2D eigenvalue weighted by molar-refractivity contribution is -0.106. The van der Waals surface area contributed by atoms with Gasteiger partial charge in [0.2, 0.25) is 0 Å². The third-order valence-electron chi connectivity index (χ3n) is 3.38. The monoisotopic (exact) mass is 274 g/mol. The normalized spacial score (nSPS) is 25.9. The fourth-order valence-corrected chi connectivity index (χ4v) is 2.57. The fourth-order valence-electron chi connectivity index (χ4n) is 2.57. The molecule has 0 amide bonds. The Hall–Kier alpha value is -1.34. The van der Waals surface area contributed by atoms with Gasteiger partial charge in [-0.25, -0.2) is 0 Å². The van der Waals surface area contributed by atoms with E-state index in [2.05, 4.69) is 25.7 Å². The third kappa shape index (κ3) is 4.64. The summed E-state index contributed by atoms with van der Waals surface area (Å²) in [4.78, 5) is 0. The average molecular weight is 274 g/mol. The lowest BCUT2D eigenvalue weighted by Gasteiger charge is -2.32. The van der Waals surface area contributed by atoms with Gasteiger partial charge in [-0.3, -0.25) is 0 Å². The number of rotatable bonds is 3. The highest BCUT2D eigenvalue weighted by atomic mass is 16.5. The molecule has 1 aromatic rings. The van der Waals surface area contributed by atoms with Gasteiger partial charge in [0, 0.05) is 5.56 Å². The second-order valence-electron chi connectivity index (χ2n) is 5.32. The van der Waals surface area contributed by atoms with Crippen LogP contribution >= 0.6 is 0 Å². The van der Waals surface area contributed by atoms with Crippen molar-refractivity contribution in [1.82, 2.24) is 0 Å². The van der Waals surface area contributed by atoms with Crippen LogP contribution < -0.4 is 0 Å². The maximum absolute atomic E-state index is 8.71. The Morgan fingerprint density at radius 1 is 1.30 bits per heavy atom. The lowest BCUT2D eigenvalue weighted by Crippen LogP contribution is -2.33. The van der Waals surface area contributed by atoms with E-state index in [-0.39, 0.29) is 24.9 Å². The van der Waals surface area contributed by atoms with Gasteiger partial charge in [0.05, 0.1) is 24.9 Å². The van der Waals surface area contributed by atoms with Crippen molar-refractivity contribution in [1.29, 1.82) is 0 Å². The molecule has 0 aromatic heterocycles. The summed E-state index contributed by atoms with van der Waals surface area (Å²) >= 11 is 0. The van der Waals surface area contributed by atoms with Crippen LogP contribution in [0.5, 0.6) is 0 Å². The maximum atomic E-state index is 8.71. The standard InChI is InChI=1S/C17H22O3/c1-13-9-17(10-14(2)20-13)19-12-16-6-3-5-15(11-16)7-4-8-18/h3,5-6,11,13-14,17-18H,8-10,12H2,1-2H3. The molecule has 1 heterocycles. The first-order chi connectivity index (χ1) is 9.67. The minimum absolute atomic E-state index is 0.113. The van der Waals surface area contributed by atoms with Gasteiger partial charge in [-0.05, 0) is 44.4 Å². The van der Waals surface area contributed by atoms with Crippen molar-refractivity contribution in [2.24, 2.45) is 0 Å². The van der Waals surface area contributed by atoms with Gasteiger partial charge >= 0.3 is 0 Å². The molecule has 3 heteroatoms. The van der Waals surface area contributed by atoms with Crippen LogP contribution in [0, 0.1) is 11.8 Å². The predicted molar refractivity (Wildman–Crippen MR) is 78.2 cm³/mol. The van der Waals surface area contributed by atoms with Crippen LogP contribution in [0.15, 0.2) is 24.3 Å². The summed E-state index contributed by atoms with van der Waals surface area (Å²) in [6, 6.07) is 7.95. The molecule has 0 radical (unpaired) electrons. The van der Waals surface area contributed by atoms with E-state index in [9.17, 15) is 0 Å². The molecule has 1 aliphatic rings. The van der Waals surface area contributed by atoms with Crippen molar-refractivity contribution in [3.8, 4) is 11.8 Å². The summed E-state index contributed by atoms with van der Waals surface area (Å²) in [5, 5.41) is 8.71. The lowest BCUT2D eigenvalue weighted by atomic mass is 10.0. The predicted octanol–water partition coefficient (Wildman–Crippen LogP) is 2.50. The zero-order valence-electron chi connectivity index (χ0n) is 12.1. The summed E-state index contributed by atoms with van der Waals surface area (Å²) in [6.07, 6.45) is 2.71. The van der Waals surface area contributed by atoms with E-state index >= 15 is 0 Å².